The minimum Gasteiger partial charge on any atom is -0.278 e. The quantitative estimate of drug-likeness (QED) is 0.145. The fraction of sp³-hybridized carbons (Fsp3) is 0.0312. The van der Waals surface area contributed by atoms with Crippen LogP contribution in [0.2, 0.25) is 0 Å². The highest BCUT2D eigenvalue weighted by Crippen LogP contribution is 2.38. The van der Waals surface area contributed by atoms with Crippen molar-refractivity contribution in [3.05, 3.63) is 381 Å². The largest absolute Gasteiger partial charge is 0.278 e. The van der Waals surface area contributed by atoms with Crippen molar-refractivity contribution < 1.29 is 0 Å². The zero-order valence-corrected chi connectivity index (χ0v) is 58.2. The molecule has 6 heterocycles. The molecule has 0 radical (unpaired) electrons. The average Bonchev–Trinajstić information content (AvgIpc) is 1.58. The lowest BCUT2D eigenvalue weighted by atomic mass is 9.98. The third kappa shape index (κ3) is 11.2. The third-order valence-electron chi connectivity index (χ3n) is 20.3. The van der Waals surface area contributed by atoms with Gasteiger partial charge in [-0.1, -0.05) is 249 Å². The van der Waals surface area contributed by atoms with Crippen LogP contribution < -0.4 is 0 Å². The Labute approximate surface area is 607 Å². The van der Waals surface area contributed by atoms with E-state index in [1.165, 1.54) is 83.5 Å². The molecule has 0 unspecified atom stereocenters. The number of imidazole rings is 6. The number of aromatic nitrogens is 9. The van der Waals surface area contributed by atoms with Gasteiger partial charge in [-0.2, -0.15) is 0 Å². The van der Waals surface area contributed by atoms with E-state index in [1.54, 1.807) is 0 Å². The summed E-state index contributed by atoms with van der Waals surface area (Å²) < 4.78 is 13.7. The van der Waals surface area contributed by atoms with Crippen LogP contribution in [-0.2, 0) is 0 Å². The minimum absolute atomic E-state index is 0.927. The summed E-state index contributed by atoms with van der Waals surface area (Å²) in [5.41, 5.74) is 34.9. The molecule has 0 amide bonds. The highest BCUT2D eigenvalue weighted by atomic mass is 15.2. The lowest BCUT2D eigenvalue weighted by molar-refractivity contribution is 1.11. The molecule has 0 aliphatic rings. The van der Waals surface area contributed by atoms with Crippen LogP contribution in [0.15, 0.2) is 364 Å². The SMILES string of the molecule is Cc1ccc2nc3n(-c4cc(-c5ccccc5)cc(-c5ccccc5)c4)c4ccccc4n3c2c1.Cc1ccc2nc3n(-c4ccc(-c5ccc(-c6ccccc6)cc5)cc4)c4ccccc4n3c2c1.Cc1ccc2nc3n(-c4cccc(-c5ccc(-c6ccccc6)cc5)c4)c4ccccc4n3c2c1. The van der Waals surface area contributed by atoms with Crippen LogP contribution in [0.1, 0.15) is 16.7 Å². The number of hydrogen-bond acceptors (Lipinski definition) is 3. The summed E-state index contributed by atoms with van der Waals surface area (Å²) in [5, 5.41) is 0. The summed E-state index contributed by atoms with van der Waals surface area (Å²) in [7, 11) is 0. The topological polar surface area (TPSA) is 66.7 Å². The molecule has 9 heteroatoms. The molecule has 0 N–H and O–H groups in total. The predicted octanol–water partition coefficient (Wildman–Crippen LogP) is 24.2. The van der Waals surface area contributed by atoms with E-state index in [4.69, 9.17) is 15.0 Å². The highest BCUT2D eigenvalue weighted by molar-refractivity contribution is 5.96. The van der Waals surface area contributed by atoms with Crippen LogP contribution in [-0.4, -0.2) is 41.9 Å². The van der Waals surface area contributed by atoms with Crippen molar-refractivity contribution in [2.24, 2.45) is 0 Å². The van der Waals surface area contributed by atoms with Gasteiger partial charge in [-0.05, 0) is 219 Å². The monoisotopic (exact) mass is 1350 g/mol. The molecule has 0 bridgehead atoms. The molecular formula is C96H69N9. The first-order valence-electron chi connectivity index (χ1n) is 35.7. The normalized spacial score (nSPS) is 11.6. The molecule has 0 atom stereocenters. The maximum Gasteiger partial charge on any atom is 0.220 e. The van der Waals surface area contributed by atoms with Gasteiger partial charge in [0.25, 0.3) is 0 Å². The molecule has 6 aromatic heterocycles. The highest BCUT2D eigenvalue weighted by Gasteiger charge is 2.22. The lowest BCUT2D eigenvalue weighted by Gasteiger charge is -2.12. The summed E-state index contributed by atoms with van der Waals surface area (Å²) in [6, 6.07) is 129. The van der Waals surface area contributed by atoms with Crippen molar-refractivity contribution in [1.29, 1.82) is 0 Å². The van der Waals surface area contributed by atoms with Crippen molar-refractivity contribution >= 4 is 83.5 Å². The summed E-state index contributed by atoms with van der Waals surface area (Å²) in [6.45, 7) is 6.39. The second-order valence-electron chi connectivity index (χ2n) is 27.2. The van der Waals surface area contributed by atoms with Gasteiger partial charge in [0.15, 0.2) is 0 Å². The Morgan fingerprint density at radius 3 is 0.800 bits per heavy atom. The van der Waals surface area contributed by atoms with Gasteiger partial charge in [-0.15, -0.1) is 0 Å². The Bertz CT molecular complexity index is 6760. The molecule has 498 valence electrons. The average molecular weight is 1350 g/mol. The summed E-state index contributed by atoms with van der Waals surface area (Å²) >= 11 is 0. The summed E-state index contributed by atoms with van der Waals surface area (Å²) in [5.74, 6) is 2.80. The molecular weight excluding hydrogens is 1280 g/mol. The van der Waals surface area contributed by atoms with E-state index in [9.17, 15) is 0 Å². The number of fused-ring (bicyclic) bond motifs is 15. The van der Waals surface area contributed by atoms with E-state index in [0.717, 1.165) is 101 Å². The second-order valence-corrected chi connectivity index (χ2v) is 27.2. The predicted molar refractivity (Wildman–Crippen MR) is 435 cm³/mol. The number of rotatable bonds is 9. The van der Waals surface area contributed by atoms with E-state index >= 15 is 0 Å². The molecule has 0 aliphatic heterocycles. The van der Waals surface area contributed by atoms with E-state index in [-0.39, 0.29) is 0 Å². The van der Waals surface area contributed by atoms with Crippen LogP contribution in [0.3, 0.4) is 0 Å². The molecule has 105 heavy (non-hydrogen) atoms. The molecule has 15 aromatic carbocycles. The van der Waals surface area contributed by atoms with Gasteiger partial charge in [0.1, 0.15) is 0 Å². The molecule has 21 rings (SSSR count). The Morgan fingerprint density at radius 2 is 0.438 bits per heavy atom. The van der Waals surface area contributed by atoms with Crippen LogP contribution in [0.4, 0.5) is 0 Å². The molecule has 0 aliphatic carbocycles. The second kappa shape index (κ2) is 25.9. The maximum absolute atomic E-state index is 5.10. The van der Waals surface area contributed by atoms with Crippen molar-refractivity contribution in [1.82, 2.24) is 41.9 Å². The first kappa shape index (κ1) is 62.1. The Kier molecular flexibility index (Phi) is 15.3. The van der Waals surface area contributed by atoms with Crippen LogP contribution in [0.5, 0.6) is 0 Å². The first-order valence-corrected chi connectivity index (χ1v) is 35.7. The molecule has 0 spiro atoms. The standard InChI is InChI=1S/3C32H23N3/c1-22-16-17-28-31(18-22)35-30-15-9-8-14-29(30)34(32(35)33-28)27-20-25(23-10-4-2-5-11-23)19-26(21-27)24-12-6-3-7-13-24;1-22-14-19-28-31(20-22)35-30-13-6-5-12-29(30)34(32(35)33-28)27-11-7-10-26(21-27)25-17-15-24(16-18-25)23-8-3-2-4-9-23;1-22-11-20-28-31(21-22)35-30-10-6-5-9-29(30)34(32(35)33-28)27-18-16-26(17-19-27)25-14-12-24(13-15-25)23-7-3-2-4-8-23/h3*2-21H,1H3. The van der Waals surface area contributed by atoms with E-state index in [1.807, 2.05) is 6.07 Å². The van der Waals surface area contributed by atoms with E-state index < -0.39 is 0 Å². The number of nitrogens with zero attached hydrogens (tertiary/aromatic N) is 9. The third-order valence-corrected chi connectivity index (χ3v) is 20.3. The Hall–Kier alpha value is -13.9. The van der Waals surface area contributed by atoms with Crippen molar-refractivity contribution in [2.75, 3.05) is 0 Å². The van der Waals surface area contributed by atoms with Gasteiger partial charge in [0.05, 0.1) is 71.9 Å². The van der Waals surface area contributed by atoms with Crippen molar-refractivity contribution in [2.45, 2.75) is 20.8 Å². The van der Waals surface area contributed by atoms with Gasteiger partial charge in [0, 0.05) is 11.4 Å². The Balaban J connectivity index is 0.000000108. The number of benzene rings is 15. The zero-order chi connectivity index (χ0) is 70.1. The van der Waals surface area contributed by atoms with Gasteiger partial charge in [-0.25, -0.2) is 15.0 Å². The maximum atomic E-state index is 5.10. The molecule has 9 nitrogen and oxygen atoms in total. The number of hydrogen-bond donors (Lipinski definition) is 0. The van der Waals surface area contributed by atoms with Crippen LogP contribution in [0, 0.1) is 20.8 Å². The summed E-state index contributed by atoms with van der Waals surface area (Å²) in [4.78, 5) is 15.2. The molecule has 0 saturated heterocycles. The molecule has 21 aromatic rings. The number of aryl methyl sites for hydroxylation is 3. The van der Waals surface area contributed by atoms with Crippen LogP contribution >= 0.6 is 0 Å². The van der Waals surface area contributed by atoms with Crippen LogP contribution in [0.25, 0.3) is 167 Å². The van der Waals surface area contributed by atoms with Gasteiger partial charge < -0.3 is 0 Å². The van der Waals surface area contributed by atoms with Gasteiger partial charge in [-0.3, -0.25) is 26.9 Å². The fourth-order valence-corrected chi connectivity index (χ4v) is 15.2. The van der Waals surface area contributed by atoms with E-state index in [0.29, 0.717) is 0 Å². The fourth-order valence-electron chi connectivity index (χ4n) is 15.2. The smallest absolute Gasteiger partial charge is 0.220 e. The minimum atomic E-state index is 0.927. The van der Waals surface area contributed by atoms with Crippen molar-refractivity contribution in [3.63, 3.8) is 0 Å². The lowest BCUT2D eigenvalue weighted by Crippen LogP contribution is -1.97. The zero-order valence-electron chi connectivity index (χ0n) is 58.2. The van der Waals surface area contributed by atoms with Gasteiger partial charge in [0.2, 0.25) is 17.3 Å². The number of para-hydroxylation sites is 6. The Morgan fingerprint density at radius 1 is 0.171 bits per heavy atom. The molecule has 0 fully saturated rings. The van der Waals surface area contributed by atoms with E-state index in [2.05, 4.69) is 406 Å². The first-order chi connectivity index (χ1) is 51.8. The summed E-state index contributed by atoms with van der Waals surface area (Å²) in [6.07, 6.45) is 0. The van der Waals surface area contributed by atoms with Crippen molar-refractivity contribution in [3.8, 4) is 83.8 Å². The molecule has 0 saturated carbocycles. The van der Waals surface area contributed by atoms with Gasteiger partial charge >= 0.3 is 0 Å².